The van der Waals surface area contributed by atoms with Crippen LogP contribution in [0.15, 0.2) is 18.2 Å². The molecule has 0 amide bonds. The maximum absolute atomic E-state index is 11.4. The van der Waals surface area contributed by atoms with Gasteiger partial charge in [0.2, 0.25) is 0 Å². The summed E-state index contributed by atoms with van der Waals surface area (Å²) in [5.74, 6) is 0.968. The molecule has 0 bridgehead atoms. The van der Waals surface area contributed by atoms with E-state index >= 15 is 0 Å². The second-order valence-corrected chi connectivity index (χ2v) is 4.42. The van der Waals surface area contributed by atoms with Crippen molar-refractivity contribution in [3.05, 3.63) is 29.6 Å². The number of imidazole rings is 1. The number of hydrogen-bond acceptors (Lipinski definition) is 2. The highest BCUT2D eigenvalue weighted by molar-refractivity contribution is 5.95. The van der Waals surface area contributed by atoms with Gasteiger partial charge in [-0.05, 0) is 17.5 Å². The predicted molar refractivity (Wildman–Crippen MR) is 64.8 cm³/mol. The lowest BCUT2D eigenvalue weighted by molar-refractivity contribution is 0.100. The highest BCUT2D eigenvalue weighted by Gasteiger charge is 2.15. The molecule has 1 aromatic heterocycles. The molecule has 0 spiro atoms. The minimum absolute atomic E-state index is 0.00778. The van der Waals surface area contributed by atoms with E-state index in [2.05, 4.69) is 24.9 Å². The smallest absolute Gasteiger partial charge is 0.195 e. The quantitative estimate of drug-likeness (QED) is 0.723. The summed E-state index contributed by atoms with van der Waals surface area (Å²) in [4.78, 5) is 15.8. The molecule has 16 heavy (non-hydrogen) atoms. The summed E-state index contributed by atoms with van der Waals surface area (Å²) in [6.07, 6.45) is 0. The first-order chi connectivity index (χ1) is 7.52. The minimum atomic E-state index is 0.00778. The lowest BCUT2D eigenvalue weighted by atomic mass is 10.0. The van der Waals surface area contributed by atoms with Crippen LogP contribution in [0.1, 0.15) is 42.9 Å². The molecule has 0 unspecified atom stereocenters. The molecule has 0 atom stereocenters. The normalized spacial score (nSPS) is 11.3. The van der Waals surface area contributed by atoms with Crippen molar-refractivity contribution < 1.29 is 4.79 Å². The standard InChI is InChI=1S/C13H16N2O/c1-8(2)10-6-5-7-11-12(10)15(4)13(14-11)9(3)16/h5-8H,1-4H3. The van der Waals surface area contributed by atoms with Gasteiger partial charge >= 0.3 is 0 Å². The lowest BCUT2D eigenvalue weighted by Gasteiger charge is -2.08. The van der Waals surface area contributed by atoms with E-state index in [0.29, 0.717) is 11.7 Å². The fourth-order valence-electron chi connectivity index (χ4n) is 2.08. The zero-order valence-electron chi connectivity index (χ0n) is 10.1. The Morgan fingerprint density at radius 2 is 2.06 bits per heavy atom. The summed E-state index contributed by atoms with van der Waals surface area (Å²) >= 11 is 0. The lowest BCUT2D eigenvalue weighted by Crippen LogP contribution is -2.04. The molecule has 0 N–H and O–H groups in total. The number of para-hydroxylation sites is 1. The second kappa shape index (κ2) is 3.74. The largest absolute Gasteiger partial charge is 0.324 e. The molecular weight excluding hydrogens is 200 g/mol. The molecule has 1 aromatic carbocycles. The third-order valence-electron chi connectivity index (χ3n) is 2.86. The van der Waals surface area contributed by atoms with Crippen LogP contribution in [0.25, 0.3) is 11.0 Å². The van der Waals surface area contributed by atoms with Crippen LogP contribution in [0.2, 0.25) is 0 Å². The van der Waals surface area contributed by atoms with Crippen LogP contribution < -0.4 is 0 Å². The van der Waals surface area contributed by atoms with Gasteiger partial charge in [0.25, 0.3) is 0 Å². The maximum atomic E-state index is 11.4. The van der Waals surface area contributed by atoms with Crippen molar-refractivity contribution in [2.45, 2.75) is 26.7 Å². The van der Waals surface area contributed by atoms with Gasteiger partial charge in [-0.15, -0.1) is 0 Å². The van der Waals surface area contributed by atoms with Gasteiger partial charge < -0.3 is 4.57 Å². The summed E-state index contributed by atoms with van der Waals surface area (Å²) in [6.45, 7) is 5.85. The van der Waals surface area contributed by atoms with Crippen LogP contribution in [-0.4, -0.2) is 15.3 Å². The molecule has 84 valence electrons. The number of carbonyl (C=O) groups excluding carboxylic acids is 1. The van der Waals surface area contributed by atoms with Crippen molar-refractivity contribution in [3.8, 4) is 0 Å². The number of Topliss-reactive ketones (excluding diaryl/α,β-unsaturated/α-hetero) is 1. The average Bonchev–Trinajstić information content (AvgIpc) is 2.56. The molecule has 2 rings (SSSR count). The van der Waals surface area contributed by atoms with Crippen molar-refractivity contribution in [2.75, 3.05) is 0 Å². The van der Waals surface area contributed by atoms with Crippen molar-refractivity contribution in [2.24, 2.45) is 7.05 Å². The van der Waals surface area contributed by atoms with E-state index < -0.39 is 0 Å². The molecule has 3 heteroatoms. The summed E-state index contributed by atoms with van der Waals surface area (Å²) in [5.41, 5.74) is 3.21. The molecule has 0 saturated carbocycles. The molecule has 3 nitrogen and oxygen atoms in total. The van der Waals surface area contributed by atoms with Gasteiger partial charge in [-0.3, -0.25) is 4.79 Å². The number of benzene rings is 1. The number of hydrogen-bond donors (Lipinski definition) is 0. The number of aromatic nitrogens is 2. The van der Waals surface area contributed by atoms with Crippen LogP contribution in [0.5, 0.6) is 0 Å². The predicted octanol–water partition coefficient (Wildman–Crippen LogP) is 2.90. The number of fused-ring (bicyclic) bond motifs is 1. The number of carbonyl (C=O) groups is 1. The zero-order valence-corrected chi connectivity index (χ0v) is 10.1. The first kappa shape index (κ1) is 10.9. The van der Waals surface area contributed by atoms with Gasteiger partial charge in [0.05, 0.1) is 11.0 Å². The summed E-state index contributed by atoms with van der Waals surface area (Å²) in [5, 5.41) is 0. The molecule has 0 aliphatic heterocycles. The van der Waals surface area contributed by atoms with Crippen LogP contribution in [0.4, 0.5) is 0 Å². The fourth-order valence-corrected chi connectivity index (χ4v) is 2.08. The van der Waals surface area contributed by atoms with Crippen molar-refractivity contribution in [1.82, 2.24) is 9.55 Å². The van der Waals surface area contributed by atoms with Gasteiger partial charge in [-0.1, -0.05) is 26.0 Å². The third kappa shape index (κ3) is 1.52. The van der Waals surface area contributed by atoms with Crippen LogP contribution in [-0.2, 0) is 7.05 Å². The first-order valence-electron chi connectivity index (χ1n) is 5.48. The molecule has 0 saturated heterocycles. The van der Waals surface area contributed by atoms with Crippen LogP contribution >= 0.6 is 0 Å². The zero-order chi connectivity index (χ0) is 11.9. The number of rotatable bonds is 2. The Labute approximate surface area is 95.1 Å². The van der Waals surface area contributed by atoms with Gasteiger partial charge in [0.15, 0.2) is 11.6 Å². The van der Waals surface area contributed by atoms with Gasteiger partial charge in [-0.25, -0.2) is 4.98 Å². The summed E-state index contributed by atoms with van der Waals surface area (Å²) in [7, 11) is 1.90. The van der Waals surface area contributed by atoms with Gasteiger partial charge in [-0.2, -0.15) is 0 Å². The van der Waals surface area contributed by atoms with Crippen LogP contribution in [0.3, 0.4) is 0 Å². The van der Waals surface area contributed by atoms with E-state index in [0.717, 1.165) is 11.0 Å². The number of nitrogens with zero attached hydrogens (tertiary/aromatic N) is 2. The fraction of sp³-hybridized carbons (Fsp3) is 0.385. The van der Waals surface area contributed by atoms with Crippen LogP contribution in [0, 0.1) is 0 Å². The molecule has 0 aliphatic rings. The highest BCUT2D eigenvalue weighted by Crippen LogP contribution is 2.25. The summed E-state index contributed by atoms with van der Waals surface area (Å²) in [6, 6.07) is 6.04. The monoisotopic (exact) mass is 216 g/mol. The highest BCUT2D eigenvalue weighted by atomic mass is 16.1. The Morgan fingerprint density at radius 1 is 1.38 bits per heavy atom. The van der Waals surface area contributed by atoms with Crippen molar-refractivity contribution in [1.29, 1.82) is 0 Å². The molecule has 0 fully saturated rings. The Kier molecular flexibility index (Phi) is 2.54. The Bertz CT molecular complexity index is 552. The molecule has 2 aromatic rings. The second-order valence-electron chi connectivity index (χ2n) is 4.42. The van der Waals surface area contributed by atoms with Gasteiger partial charge in [0, 0.05) is 14.0 Å². The average molecular weight is 216 g/mol. The van der Waals surface area contributed by atoms with Crippen molar-refractivity contribution in [3.63, 3.8) is 0 Å². The molecular formula is C13H16N2O. The topological polar surface area (TPSA) is 34.9 Å². The van der Waals surface area contributed by atoms with E-state index in [1.54, 1.807) is 6.92 Å². The van der Waals surface area contributed by atoms with E-state index in [9.17, 15) is 4.79 Å². The Balaban J connectivity index is 2.82. The van der Waals surface area contributed by atoms with E-state index in [-0.39, 0.29) is 5.78 Å². The first-order valence-corrected chi connectivity index (χ1v) is 5.48. The maximum Gasteiger partial charge on any atom is 0.195 e. The molecule has 0 radical (unpaired) electrons. The van der Waals surface area contributed by atoms with E-state index in [1.807, 2.05) is 23.7 Å². The van der Waals surface area contributed by atoms with Gasteiger partial charge in [0.1, 0.15) is 0 Å². The third-order valence-corrected chi connectivity index (χ3v) is 2.86. The summed E-state index contributed by atoms with van der Waals surface area (Å²) < 4.78 is 1.90. The Hall–Kier alpha value is -1.64. The number of aryl methyl sites for hydroxylation is 1. The minimum Gasteiger partial charge on any atom is -0.324 e. The van der Waals surface area contributed by atoms with Crippen molar-refractivity contribution >= 4 is 16.8 Å². The molecule has 1 heterocycles. The molecule has 0 aliphatic carbocycles. The Morgan fingerprint density at radius 3 is 2.62 bits per heavy atom. The van der Waals surface area contributed by atoms with E-state index in [4.69, 9.17) is 0 Å². The van der Waals surface area contributed by atoms with E-state index in [1.165, 1.54) is 5.56 Å². The number of ketones is 1. The SMILES string of the molecule is CC(=O)c1nc2cccc(C(C)C)c2n1C.